The summed E-state index contributed by atoms with van der Waals surface area (Å²) in [5, 5.41) is 3.09. The van der Waals surface area contributed by atoms with Crippen LogP contribution in [0.25, 0.3) is 0 Å². The molecule has 1 aliphatic carbocycles. The Hall–Kier alpha value is -1.86. The molecular weight excluding hydrogens is 346 g/mol. The van der Waals surface area contributed by atoms with E-state index in [9.17, 15) is 9.59 Å². The van der Waals surface area contributed by atoms with Crippen molar-refractivity contribution in [1.82, 2.24) is 15.1 Å². The predicted molar refractivity (Wildman–Crippen MR) is 101 cm³/mol. The van der Waals surface area contributed by atoms with E-state index in [4.69, 9.17) is 9.15 Å². The number of rotatable bonds is 8. The maximum absolute atomic E-state index is 12.9. The maximum Gasteiger partial charge on any atom is 0.289 e. The van der Waals surface area contributed by atoms with Crippen LogP contribution in [0.15, 0.2) is 22.8 Å². The normalized spacial score (nSPS) is 20.0. The minimum Gasteiger partial charge on any atom is -0.459 e. The van der Waals surface area contributed by atoms with Gasteiger partial charge in [-0.1, -0.05) is 12.8 Å². The van der Waals surface area contributed by atoms with Crippen LogP contribution in [-0.2, 0) is 9.53 Å². The third-order valence-electron chi connectivity index (χ3n) is 5.67. The van der Waals surface area contributed by atoms with Crippen LogP contribution < -0.4 is 5.32 Å². The number of piperazine rings is 1. The van der Waals surface area contributed by atoms with Gasteiger partial charge in [0, 0.05) is 46.4 Å². The summed E-state index contributed by atoms with van der Waals surface area (Å²) in [5.74, 6) is 0.858. The smallest absolute Gasteiger partial charge is 0.289 e. The van der Waals surface area contributed by atoms with Gasteiger partial charge in [0.2, 0.25) is 5.91 Å². The lowest BCUT2D eigenvalue weighted by molar-refractivity contribution is -0.129. The molecule has 0 aromatic carbocycles. The van der Waals surface area contributed by atoms with E-state index < -0.39 is 0 Å². The predicted octanol–water partition coefficient (Wildman–Crippen LogP) is 1.75. The molecule has 0 unspecified atom stereocenters. The van der Waals surface area contributed by atoms with Gasteiger partial charge in [-0.2, -0.15) is 0 Å². The van der Waals surface area contributed by atoms with Crippen molar-refractivity contribution in [1.29, 1.82) is 0 Å². The molecule has 150 valence electrons. The van der Waals surface area contributed by atoms with Crippen molar-refractivity contribution in [2.75, 3.05) is 46.4 Å². The molecule has 7 heteroatoms. The number of carbonyl (C=O) groups is 2. The SMILES string of the molecule is COCCCNC(=O)[C@H](C1CCCC1)N1CCN(C(=O)c2ccco2)CC1. The Morgan fingerprint density at radius 1 is 1.26 bits per heavy atom. The zero-order valence-electron chi connectivity index (χ0n) is 16.2. The van der Waals surface area contributed by atoms with Gasteiger partial charge in [-0.25, -0.2) is 0 Å². The number of hydrogen-bond acceptors (Lipinski definition) is 5. The fourth-order valence-corrected chi connectivity index (χ4v) is 4.24. The van der Waals surface area contributed by atoms with Crippen LogP contribution in [0, 0.1) is 5.92 Å². The Kier molecular flexibility index (Phi) is 7.29. The number of hydrogen-bond donors (Lipinski definition) is 1. The van der Waals surface area contributed by atoms with Crippen LogP contribution >= 0.6 is 0 Å². The molecule has 1 saturated carbocycles. The molecule has 7 nitrogen and oxygen atoms in total. The average Bonchev–Trinajstić information content (AvgIpc) is 3.40. The van der Waals surface area contributed by atoms with Crippen LogP contribution in [0.2, 0.25) is 0 Å². The molecule has 1 aromatic rings. The maximum atomic E-state index is 12.9. The molecule has 2 aliphatic rings. The highest BCUT2D eigenvalue weighted by molar-refractivity contribution is 5.91. The van der Waals surface area contributed by atoms with E-state index in [-0.39, 0.29) is 17.9 Å². The highest BCUT2D eigenvalue weighted by Crippen LogP contribution is 2.31. The van der Waals surface area contributed by atoms with Crippen molar-refractivity contribution in [3.63, 3.8) is 0 Å². The number of ether oxygens (including phenoxy) is 1. The molecule has 2 amide bonds. The van der Waals surface area contributed by atoms with Gasteiger partial charge in [-0.3, -0.25) is 14.5 Å². The Balaban J connectivity index is 1.57. The molecule has 0 radical (unpaired) electrons. The summed E-state index contributed by atoms with van der Waals surface area (Å²) < 4.78 is 10.3. The molecule has 1 atom stereocenters. The van der Waals surface area contributed by atoms with E-state index in [1.165, 1.54) is 19.1 Å². The number of methoxy groups -OCH3 is 1. The fourth-order valence-electron chi connectivity index (χ4n) is 4.24. The molecule has 27 heavy (non-hydrogen) atoms. The van der Waals surface area contributed by atoms with Crippen LogP contribution in [0.4, 0.5) is 0 Å². The van der Waals surface area contributed by atoms with Gasteiger partial charge in [-0.05, 0) is 37.3 Å². The first-order valence-corrected chi connectivity index (χ1v) is 10.0. The molecule has 0 spiro atoms. The summed E-state index contributed by atoms with van der Waals surface area (Å²) in [6.07, 6.45) is 6.98. The highest BCUT2D eigenvalue weighted by atomic mass is 16.5. The molecule has 1 aliphatic heterocycles. The summed E-state index contributed by atoms with van der Waals surface area (Å²) in [5.41, 5.74) is 0. The van der Waals surface area contributed by atoms with Gasteiger partial charge in [0.25, 0.3) is 5.91 Å². The lowest BCUT2D eigenvalue weighted by Crippen LogP contribution is -2.58. The number of amides is 2. The second-order valence-electron chi connectivity index (χ2n) is 7.43. The second-order valence-corrected chi connectivity index (χ2v) is 7.43. The summed E-state index contributed by atoms with van der Waals surface area (Å²) in [6, 6.07) is 3.34. The monoisotopic (exact) mass is 377 g/mol. The van der Waals surface area contributed by atoms with E-state index in [0.717, 1.165) is 32.4 Å². The van der Waals surface area contributed by atoms with Crippen LogP contribution in [0.1, 0.15) is 42.7 Å². The topological polar surface area (TPSA) is 75.0 Å². The molecule has 3 rings (SSSR count). The number of furan rings is 1. The van der Waals surface area contributed by atoms with Gasteiger partial charge in [0.05, 0.1) is 12.3 Å². The number of nitrogens with zero attached hydrogens (tertiary/aromatic N) is 2. The quantitative estimate of drug-likeness (QED) is 0.699. The number of carbonyl (C=O) groups excluding carboxylic acids is 2. The Bertz CT molecular complexity index is 590. The Morgan fingerprint density at radius 3 is 2.63 bits per heavy atom. The zero-order chi connectivity index (χ0) is 19.1. The Labute approximate surface area is 161 Å². The van der Waals surface area contributed by atoms with E-state index >= 15 is 0 Å². The van der Waals surface area contributed by atoms with E-state index in [1.54, 1.807) is 19.2 Å². The summed E-state index contributed by atoms with van der Waals surface area (Å²) >= 11 is 0. The summed E-state index contributed by atoms with van der Waals surface area (Å²) in [6.45, 7) is 3.99. The molecule has 1 aromatic heterocycles. The zero-order valence-corrected chi connectivity index (χ0v) is 16.2. The van der Waals surface area contributed by atoms with Crippen molar-refractivity contribution < 1.29 is 18.7 Å². The van der Waals surface area contributed by atoms with Gasteiger partial charge in [0.15, 0.2) is 5.76 Å². The summed E-state index contributed by atoms with van der Waals surface area (Å²) in [7, 11) is 1.67. The third kappa shape index (κ3) is 5.11. The van der Waals surface area contributed by atoms with Crippen molar-refractivity contribution in [2.45, 2.75) is 38.1 Å². The Morgan fingerprint density at radius 2 is 2.00 bits per heavy atom. The van der Waals surface area contributed by atoms with Crippen LogP contribution in [0.5, 0.6) is 0 Å². The minimum atomic E-state index is -0.0871. The standard InChI is InChI=1S/C20H31N3O4/c1-26-14-5-9-21-19(24)18(16-6-2-3-7-16)22-10-12-23(13-11-22)20(25)17-8-4-15-27-17/h4,8,15-16,18H,2-3,5-7,9-14H2,1H3,(H,21,24)/t18-/m0/s1. The molecule has 1 N–H and O–H groups in total. The number of nitrogens with one attached hydrogen (secondary N) is 1. The molecule has 1 saturated heterocycles. The third-order valence-corrected chi connectivity index (χ3v) is 5.67. The van der Waals surface area contributed by atoms with E-state index in [1.807, 2.05) is 4.90 Å². The lowest BCUT2D eigenvalue weighted by atomic mass is 9.95. The van der Waals surface area contributed by atoms with E-state index in [0.29, 0.717) is 37.9 Å². The largest absolute Gasteiger partial charge is 0.459 e. The first-order chi connectivity index (χ1) is 13.2. The van der Waals surface area contributed by atoms with Gasteiger partial charge in [0.1, 0.15) is 0 Å². The van der Waals surface area contributed by atoms with Crippen molar-refractivity contribution in [3.05, 3.63) is 24.2 Å². The second kappa shape index (κ2) is 9.90. The molecule has 0 bridgehead atoms. The highest BCUT2D eigenvalue weighted by Gasteiger charge is 2.37. The van der Waals surface area contributed by atoms with Gasteiger partial charge >= 0.3 is 0 Å². The van der Waals surface area contributed by atoms with Gasteiger partial charge in [-0.15, -0.1) is 0 Å². The lowest BCUT2D eigenvalue weighted by Gasteiger charge is -2.40. The van der Waals surface area contributed by atoms with Crippen molar-refractivity contribution in [3.8, 4) is 0 Å². The minimum absolute atomic E-state index is 0.0684. The molecular formula is C20H31N3O4. The van der Waals surface area contributed by atoms with Gasteiger partial charge < -0.3 is 19.4 Å². The van der Waals surface area contributed by atoms with Crippen LogP contribution in [-0.4, -0.2) is 74.1 Å². The molecule has 2 heterocycles. The fraction of sp³-hybridized carbons (Fsp3) is 0.700. The first kappa shape index (κ1) is 19.9. The molecule has 2 fully saturated rings. The average molecular weight is 377 g/mol. The summed E-state index contributed by atoms with van der Waals surface area (Å²) in [4.78, 5) is 29.4. The van der Waals surface area contributed by atoms with Crippen molar-refractivity contribution >= 4 is 11.8 Å². The first-order valence-electron chi connectivity index (χ1n) is 10.0. The van der Waals surface area contributed by atoms with Crippen LogP contribution in [0.3, 0.4) is 0 Å². The van der Waals surface area contributed by atoms with E-state index in [2.05, 4.69) is 10.2 Å². The van der Waals surface area contributed by atoms with Crippen molar-refractivity contribution in [2.24, 2.45) is 5.92 Å².